The summed E-state index contributed by atoms with van der Waals surface area (Å²) in [6.45, 7) is 0.692. The number of nitrogens with zero attached hydrogens (tertiary/aromatic N) is 1. The normalized spacial score (nSPS) is 12.7. The fraction of sp³-hybridized carbons (Fsp3) is 0.120. The molecule has 2 heterocycles. The van der Waals surface area contributed by atoms with Crippen LogP contribution in [-0.4, -0.2) is 17.5 Å². The first-order chi connectivity index (χ1) is 15.5. The molecule has 1 N–H and O–H groups in total. The summed E-state index contributed by atoms with van der Waals surface area (Å²) in [7, 11) is 0. The number of nitrogens with one attached hydrogen (secondary N) is 1. The summed E-state index contributed by atoms with van der Waals surface area (Å²) in [4.78, 5) is 17.1. The first-order valence-corrected chi connectivity index (χ1v) is 10.9. The molecule has 1 amide bonds. The highest BCUT2D eigenvalue weighted by atomic mass is 35.5. The lowest BCUT2D eigenvalue weighted by molar-refractivity contribution is 0.102. The number of anilines is 1. The Bertz CT molecular complexity index is 1320. The van der Waals surface area contributed by atoms with Gasteiger partial charge in [0.2, 0.25) is 0 Å². The van der Waals surface area contributed by atoms with E-state index in [0.29, 0.717) is 39.5 Å². The van der Waals surface area contributed by atoms with Crippen LogP contribution in [0.5, 0.6) is 17.2 Å². The number of halogens is 2. The molecule has 160 valence electrons. The van der Waals surface area contributed by atoms with Crippen molar-refractivity contribution in [1.82, 2.24) is 4.98 Å². The van der Waals surface area contributed by atoms with Gasteiger partial charge in [0.05, 0.1) is 17.1 Å². The lowest BCUT2D eigenvalue weighted by atomic mass is 10.1. The molecule has 3 aromatic carbocycles. The van der Waals surface area contributed by atoms with Gasteiger partial charge >= 0.3 is 0 Å². The summed E-state index contributed by atoms with van der Waals surface area (Å²) >= 11 is 12.4. The van der Waals surface area contributed by atoms with Crippen LogP contribution in [0.15, 0.2) is 66.7 Å². The molecule has 5 rings (SSSR count). The molecule has 0 unspecified atom stereocenters. The van der Waals surface area contributed by atoms with Crippen molar-refractivity contribution in [3.05, 3.63) is 87.9 Å². The third-order valence-corrected chi connectivity index (χ3v) is 5.73. The van der Waals surface area contributed by atoms with Crippen LogP contribution in [0.3, 0.4) is 0 Å². The molecule has 0 bridgehead atoms. The first-order valence-electron chi connectivity index (χ1n) is 10.2. The number of pyridine rings is 1. The number of hydrogen-bond donors (Lipinski definition) is 1. The molecule has 4 aromatic rings. The Morgan fingerprint density at radius 3 is 2.69 bits per heavy atom. The Morgan fingerprint density at radius 2 is 1.84 bits per heavy atom. The molecular formula is C25H18Cl2N2O3. The monoisotopic (exact) mass is 464 g/mol. The summed E-state index contributed by atoms with van der Waals surface area (Å²) in [6, 6.07) is 19.5. The molecule has 0 saturated heterocycles. The van der Waals surface area contributed by atoms with Crippen molar-refractivity contribution in [1.29, 1.82) is 0 Å². The van der Waals surface area contributed by atoms with Gasteiger partial charge in [-0.05, 0) is 79.1 Å². The van der Waals surface area contributed by atoms with Gasteiger partial charge in [-0.2, -0.15) is 0 Å². The molecule has 0 atom stereocenters. The van der Waals surface area contributed by atoms with Crippen LogP contribution < -0.4 is 14.8 Å². The van der Waals surface area contributed by atoms with Gasteiger partial charge in [0.15, 0.2) is 0 Å². The zero-order valence-corrected chi connectivity index (χ0v) is 18.4. The molecular weight excluding hydrogens is 447 g/mol. The highest BCUT2D eigenvalue weighted by molar-refractivity contribution is 6.32. The zero-order valence-electron chi connectivity index (χ0n) is 16.9. The second-order valence-corrected chi connectivity index (χ2v) is 8.30. The average Bonchev–Trinajstić information content (AvgIpc) is 2.80. The van der Waals surface area contributed by atoms with Gasteiger partial charge in [-0.15, -0.1) is 0 Å². The van der Waals surface area contributed by atoms with E-state index in [1.165, 1.54) is 0 Å². The van der Waals surface area contributed by atoms with E-state index in [2.05, 4.69) is 10.3 Å². The highest BCUT2D eigenvalue weighted by Gasteiger charge is 2.15. The number of rotatable bonds is 4. The van der Waals surface area contributed by atoms with Crippen molar-refractivity contribution < 1.29 is 14.3 Å². The van der Waals surface area contributed by atoms with E-state index in [-0.39, 0.29) is 5.91 Å². The Kier molecular flexibility index (Phi) is 5.60. The van der Waals surface area contributed by atoms with Crippen molar-refractivity contribution in [2.24, 2.45) is 0 Å². The number of aromatic nitrogens is 1. The minimum absolute atomic E-state index is 0.266. The van der Waals surface area contributed by atoms with Crippen LogP contribution in [0.25, 0.3) is 10.9 Å². The molecule has 0 aliphatic carbocycles. The Balaban J connectivity index is 1.29. The summed E-state index contributed by atoms with van der Waals surface area (Å²) in [5.41, 5.74) is 2.32. The van der Waals surface area contributed by atoms with E-state index in [4.69, 9.17) is 32.7 Å². The lowest BCUT2D eigenvalue weighted by Crippen LogP contribution is -2.12. The van der Waals surface area contributed by atoms with E-state index in [1.54, 1.807) is 36.4 Å². The van der Waals surface area contributed by atoms with E-state index in [1.807, 2.05) is 30.3 Å². The number of ether oxygens (including phenoxy) is 2. The van der Waals surface area contributed by atoms with Crippen molar-refractivity contribution in [2.75, 3.05) is 11.9 Å². The summed E-state index contributed by atoms with van der Waals surface area (Å²) < 4.78 is 11.6. The van der Waals surface area contributed by atoms with E-state index in [9.17, 15) is 4.79 Å². The van der Waals surface area contributed by atoms with Gasteiger partial charge in [0.25, 0.3) is 5.91 Å². The van der Waals surface area contributed by atoms with E-state index in [0.717, 1.165) is 35.1 Å². The molecule has 32 heavy (non-hydrogen) atoms. The molecule has 1 aliphatic rings. The minimum atomic E-state index is -0.266. The maximum atomic E-state index is 12.6. The number of fused-ring (bicyclic) bond motifs is 2. The van der Waals surface area contributed by atoms with Gasteiger partial charge < -0.3 is 14.8 Å². The topological polar surface area (TPSA) is 60.5 Å². The summed E-state index contributed by atoms with van der Waals surface area (Å²) in [5.74, 6) is 2.09. The summed E-state index contributed by atoms with van der Waals surface area (Å²) in [5, 5.41) is 4.89. The number of hydrogen-bond acceptors (Lipinski definition) is 4. The number of aryl methyl sites for hydroxylation is 1. The lowest BCUT2D eigenvalue weighted by Gasteiger charge is -2.19. The van der Waals surface area contributed by atoms with Crippen molar-refractivity contribution >= 4 is 45.8 Å². The molecule has 0 fully saturated rings. The second kappa shape index (κ2) is 8.69. The predicted molar refractivity (Wildman–Crippen MR) is 126 cm³/mol. The average molecular weight is 465 g/mol. The standard InChI is InChI=1S/C25H18Cl2N2O3/c26-18-6-9-21-16(12-18)5-10-24(28-21)29-25(30)15-3-7-19(8-4-15)32-23-14-22-17(13-20(23)27)2-1-11-31-22/h3-10,12-14H,1-2,11H2,(H,28,29,30). The molecule has 5 nitrogen and oxygen atoms in total. The minimum Gasteiger partial charge on any atom is -0.493 e. The SMILES string of the molecule is O=C(Nc1ccc2cc(Cl)ccc2n1)c1ccc(Oc2cc3c(cc2Cl)CCCO3)cc1. The van der Waals surface area contributed by atoms with Gasteiger partial charge in [-0.25, -0.2) is 4.98 Å². The van der Waals surface area contributed by atoms with Crippen LogP contribution in [0, 0.1) is 0 Å². The van der Waals surface area contributed by atoms with E-state index < -0.39 is 0 Å². The van der Waals surface area contributed by atoms with Crippen LogP contribution in [0.2, 0.25) is 10.0 Å². The third kappa shape index (κ3) is 4.35. The Hall–Kier alpha value is -3.28. The quantitative estimate of drug-likeness (QED) is 0.356. The zero-order chi connectivity index (χ0) is 22.1. The largest absolute Gasteiger partial charge is 0.493 e. The number of carbonyl (C=O) groups is 1. The second-order valence-electron chi connectivity index (χ2n) is 7.46. The Morgan fingerprint density at radius 1 is 1.00 bits per heavy atom. The van der Waals surface area contributed by atoms with Crippen LogP contribution >= 0.6 is 23.2 Å². The highest BCUT2D eigenvalue weighted by Crippen LogP contribution is 2.37. The van der Waals surface area contributed by atoms with Crippen LogP contribution in [0.4, 0.5) is 5.82 Å². The molecule has 0 spiro atoms. The third-order valence-electron chi connectivity index (χ3n) is 5.20. The van der Waals surface area contributed by atoms with Gasteiger partial charge in [-0.3, -0.25) is 4.79 Å². The fourth-order valence-electron chi connectivity index (χ4n) is 3.58. The number of benzene rings is 3. The molecule has 1 aromatic heterocycles. The van der Waals surface area contributed by atoms with Gasteiger partial charge in [-0.1, -0.05) is 23.2 Å². The molecule has 1 aliphatic heterocycles. The molecule has 0 radical (unpaired) electrons. The molecule has 0 saturated carbocycles. The van der Waals surface area contributed by atoms with Crippen LogP contribution in [0.1, 0.15) is 22.3 Å². The predicted octanol–water partition coefficient (Wildman–Crippen LogP) is 6.91. The fourth-order valence-corrected chi connectivity index (χ4v) is 3.99. The first kappa shape index (κ1) is 20.6. The smallest absolute Gasteiger partial charge is 0.256 e. The Labute approximate surface area is 194 Å². The maximum absolute atomic E-state index is 12.6. The van der Waals surface area contributed by atoms with Crippen molar-refractivity contribution in [2.45, 2.75) is 12.8 Å². The maximum Gasteiger partial charge on any atom is 0.256 e. The number of carbonyl (C=O) groups excluding carboxylic acids is 1. The van der Waals surface area contributed by atoms with Gasteiger partial charge in [0.1, 0.15) is 23.1 Å². The van der Waals surface area contributed by atoms with Crippen molar-refractivity contribution in [3.8, 4) is 17.2 Å². The van der Waals surface area contributed by atoms with Crippen LogP contribution in [-0.2, 0) is 6.42 Å². The summed E-state index contributed by atoms with van der Waals surface area (Å²) in [6.07, 6.45) is 1.93. The molecule has 7 heteroatoms. The number of amides is 1. The van der Waals surface area contributed by atoms with Crippen molar-refractivity contribution in [3.63, 3.8) is 0 Å². The van der Waals surface area contributed by atoms with E-state index >= 15 is 0 Å². The van der Waals surface area contributed by atoms with Gasteiger partial charge in [0, 0.05) is 22.0 Å².